The van der Waals surface area contributed by atoms with E-state index in [-0.39, 0.29) is 11.3 Å². The van der Waals surface area contributed by atoms with Crippen LogP contribution in [0.3, 0.4) is 0 Å². The van der Waals surface area contributed by atoms with Crippen LogP contribution < -0.4 is 0 Å². The van der Waals surface area contributed by atoms with Crippen molar-refractivity contribution >= 4 is 11.8 Å². The van der Waals surface area contributed by atoms with Crippen LogP contribution in [0.4, 0.5) is 0 Å². The summed E-state index contributed by atoms with van der Waals surface area (Å²) in [6, 6.07) is 9.95. The molecule has 0 radical (unpaired) electrons. The van der Waals surface area contributed by atoms with E-state index in [1.807, 2.05) is 35.2 Å². The second-order valence-electron chi connectivity index (χ2n) is 8.12. The number of hydrogen-bond donors (Lipinski definition) is 0. The normalized spacial score (nSPS) is 27.0. The Kier molecular flexibility index (Phi) is 4.53. The summed E-state index contributed by atoms with van der Waals surface area (Å²) < 4.78 is 0. The van der Waals surface area contributed by atoms with Gasteiger partial charge in [0, 0.05) is 26.2 Å². The summed E-state index contributed by atoms with van der Waals surface area (Å²) >= 11 is 0. The van der Waals surface area contributed by atoms with Crippen LogP contribution in [-0.2, 0) is 16.0 Å². The predicted molar refractivity (Wildman–Crippen MR) is 96.9 cm³/mol. The molecular formula is C21H28N2O2. The number of carbonyl (C=O) groups excluding carboxylic acids is 2. The van der Waals surface area contributed by atoms with Crippen molar-refractivity contribution in [3.63, 3.8) is 0 Å². The average molecular weight is 340 g/mol. The Hall–Kier alpha value is -1.84. The minimum absolute atomic E-state index is 0.184. The summed E-state index contributed by atoms with van der Waals surface area (Å²) in [5.74, 6) is 1.33. The standard InChI is InChI=1S/C21H28N2O2/c24-19(15-17-5-2-1-3-6-17)22-12-4-9-21(10-13-22)11-14-23(20(21)25)16-18-7-8-18/h1-3,5-6,18H,4,7-16H2/t21-/m1/s1. The fourth-order valence-electron chi connectivity index (χ4n) is 4.47. The van der Waals surface area contributed by atoms with E-state index in [2.05, 4.69) is 4.90 Å². The summed E-state index contributed by atoms with van der Waals surface area (Å²) in [6.45, 7) is 3.42. The van der Waals surface area contributed by atoms with Crippen LogP contribution in [0.15, 0.2) is 30.3 Å². The van der Waals surface area contributed by atoms with E-state index in [0.29, 0.717) is 12.3 Å². The van der Waals surface area contributed by atoms with Gasteiger partial charge in [0.2, 0.25) is 11.8 Å². The summed E-state index contributed by atoms with van der Waals surface area (Å²) in [5.41, 5.74) is 0.885. The first kappa shape index (κ1) is 16.6. The number of benzene rings is 1. The van der Waals surface area contributed by atoms with Gasteiger partial charge in [-0.15, -0.1) is 0 Å². The number of carbonyl (C=O) groups is 2. The van der Waals surface area contributed by atoms with Crippen molar-refractivity contribution in [3.05, 3.63) is 35.9 Å². The van der Waals surface area contributed by atoms with Crippen LogP contribution in [0.1, 0.15) is 44.1 Å². The molecular weight excluding hydrogens is 312 g/mol. The van der Waals surface area contributed by atoms with E-state index in [1.165, 1.54) is 12.8 Å². The first-order valence-electron chi connectivity index (χ1n) is 9.77. The van der Waals surface area contributed by atoms with Crippen LogP contribution in [-0.4, -0.2) is 47.8 Å². The second-order valence-corrected chi connectivity index (χ2v) is 8.12. The molecule has 4 heteroatoms. The molecule has 4 nitrogen and oxygen atoms in total. The summed E-state index contributed by atoms with van der Waals surface area (Å²) in [5, 5.41) is 0. The van der Waals surface area contributed by atoms with E-state index >= 15 is 0 Å². The van der Waals surface area contributed by atoms with Gasteiger partial charge in [-0.25, -0.2) is 0 Å². The Bertz CT molecular complexity index is 641. The monoisotopic (exact) mass is 340 g/mol. The van der Waals surface area contributed by atoms with Gasteiger partial charge in [-0.3, -0.25) is 9.59 Å². The molecule has 2 saturated heterocycles. The van der Waals surface area contributed by atoms with Gasteiger partial charge in [0.15, 0.2) is 0 Å². The number of likely N-dealkylation sites (tertiary alicyclic amines) is 2. The lowest BCUT2D eigenvalue weighted by atomic mass is 9.79. The van der Waals surface area contributed by atoms with E-state index in [0.717, 1.165) is 63.3 Å². The maximum absolute atomic E-state index is 13.0. The Morgan fingerprint density at radius 1 is 1.04 bits per heavy atom. The largest absolute Gasteiger partial charge is 0.342 e. The van der Waals surface area contributed by atoms with E-state index in [9.17, 15) is 9.59 Å². The van der Waals surface area contributed by atoms with Gasteiger partial charge in [-0.05, 0) is 50.0 Å². The lowest BCUT2D eigenvalue weighted by Crippen LogP contribution is -2.37. The molecule has 1 aromatic carbocycles. The molecule has 0 aromatic heterocycles. The number of hydrogen-bond acceptors (Lipinski definition) is 2. The molecule has 3 aliphatic rings. The molecule has 2 heterocycles. The molecule has 1 aromatic rings. The quantitative estimate of drug-likeness (QED) is 0.846. The zero-order valence-corrected chi connectivity index (χ0v) is 15.0. The zero-order chi connectivity index (χ0) is 17.3. The summed E-state index contributed by atoms with van der Waals surface area (Å²) in [4.78, 5) is 29.7. The van der Waals surface area contributed by atoms with Crippen molar-refractivity contribution in [2.75, 3.05) is 26.2 Å². The molecule has 0 bridgehead atoms. The number of rotatable bonds is 4. The van der Waals surface area contributed by atoms with Gasteiger partial charge in [0.05, 0.1) is 11.8 Å². The van der Waals surface area contributed by atoms with Crippen molar-refractivity contribution in [1.29, 1.82) is 0 Å². The third-order valence-corrected chi connectivity index (χ3v) is 6.27. The molecule has 0 N–H and O–H groups in total. The first-order chi connectivity index (χ1) is 12.2. The van der Waals surface area contributed by atoms with Crippen LogP contribution >= 0.6 is 0 Å². The molecule has 2 aliphatic heterocycles. The van der Waals surface area contributed by atoms with Crippen molar-refractivity contribution in [3.8, 4) is 0 Å². The van der Waals surface area contributed by atoms with E-state index < -0.39 is 0 Å². The van der Waals surface area contributed by atoms with Gasteiger partial charge in [0.25, 0.3) is 0 Å². The summed E-state index contributed by atoms with van der Waals surface area (Å²) in [6.07, 6.45) is 6.77. The third-order valence-electron chi connectivity index (χ3n) is 6.27. The van der Waals surface area contributed by atoms with Crippen LogP contribution in [0, 0.1) is 11.3 Å². The SMILES string of the molecule is O=C(Cc1ccccc1)N1CCC[C@@]2(CC1)CCN(CC1CC1)C2=O. The molecule has 1 spiro atoms. The lowest BCUT2D eigenvalue weighted by Gasteiger charge is -2.27. The molecule has 4 rings (SSSR count). The van der Waals surface area contributed by atoms with Crippen molar-refractivity contribution in [2.24, 2.45) is 11.3 Å². The fraction of sp³-hybridized carbons (Fsp3) is 0.619. The highest BCUT2D eigenvalue weighted by Crippen LogP contribution is 2.43. The summed E-state index contributed by atoms with van der Waals surface area (Å²) in [7, 11) is 0. The third kappa shape index (κ3) is 3.58. The Morgan fingerprint density at radius 2 is 1.80 bits per heavy atom. The first-order valence-corrected chi connectivity index (χ1v) is 9.77. The Balaban J connectivity index is 1.37. The molecule has 3 fully saturated rings. The molecule has 1 saturated carbocycles. The Labute approximate surface area is 150 Å². The molecule has 134 valence electrons. The second kappa shape index (κ2) is 6.81. The maximum Gasteiger partial charge on any atom is 0.228 e. The highest BCUT2D eigenvalue weighted by molar-refractivity contribution is 5.85. The topological polar surface area (TPSA) is 40.6 Å². The van der Waals surface area contributed by atoms with Gasteiger partial charge in [-0.1, -0.05) is 30.3 Å². The molecule has 25 heavy (non-hydrogen) atoms. The van der Waals surface area contributed by atoms with Crippen LogP contribution in [0.25, 0.3) is 0 Å². The van der Waals surface area contributed by atoms with Crippen LogP contribution in [0.5, 0.6) is 0 Å². The van der Waals surface area contributed by atoms with Gasteiger partial charge in [0.1, 0.15) is 0 Å². The Morgan fingerprint density at radius 3 is 2.56 bits per heavy atom. The fourth-order valence-corrected chi connectivity index (χ4v) is 4.47. The van der Waals surface area contributed by atoms with Crippen LogP contribution in [0.2, 0.25) is 0 Å². The van der Waals surface area contributed by atoms with Crippen molar-refractivity contribution in [1.82, 2.24) is 9.80 Å². The number of amides is 2. The smallest absolute Gasteiger partial charge is 0.228 e. The van der Waals surface area contributed by atoms with Gasteiger partial charge >= 0.3 is 0 Å². The predicted octanol–water partition coefficient (Wildman–Crippen LogP) is 2.87. The van der Waals surface area contributed by atoms with Gasteiger partial charge in [-0.2, -0.15) is 0 Å². The zero-order valence-electron chi connectivity index (χ0n) is 15.0. The molecule has 0 unspecified atom stereocenters. The van der Waals surface area contributed by atoms with Crippen molar-refractivity contribution < 1.29 is 9.59 Å². The highest BCUT2D eigenvalue weighted by Gasteiger charge is 2.47. The highest BCUT2D eigenvalue weighted by atomic mass is 16.2. The molecule has 1 aliphatic carbocycles. The average Bonchev–Trinajstić information content (AvgIpc) is 3.41. The molecule has 1 atom stereocenters. The minimum atomic E-state index is -0.184. The number of nitrogens with zero attached hydrogens (tertiary/aromatic N) is 2. The van der Waals surface area contributed by atoms with Gasteiger partial charge < -0.3 is 9.80 Å². The lowest BCUT2D eigenvalue weighted by molar-refractivity contribution is -0.137. The molecule has 2 amide bonds. The van der Waals surface area contributed by atoms with E-state index in [1.54, 1.807) is 0 Å². The maximum atomic E-state index is 13.0. The van der Waals surface area contributed by atoms with E-state index in [4.69, 9.17) is 0 Å². The van der Waals surface area contributed by atoms with Crippen molar-refractivity contribution in [2.45, 2.75) is 44.9 Å². The minimum Gasteiger partial charge on any atom is -0.342 e.